The summed E-state index contributed by atoms with van der Waals surface area (Å²) in [7, 11) is 1.49. The second-order valence-electron chi connectivity index (χ2n) is 7.08. The van der Waals surface area contributed by atoms with Crippen molar-refractivity contribution >= 4 is 22.6 Å². The number of halogens is 4. The van der Waals surface area contributed by atoms with E-state index in [0.717, 1.165) is 6.07 Å². The van der Waals surface area contributed by atoms with Crippen LogP contribution in [0.4, 0.5) is 28.0 Å². The molecule has 1 atom stereocenters. The molecule has 3 aromatic rings. The molecule has 5 nitrogen and oxygen atoms in total. The number of aromatic amines is 1. The van der Waals surface area contributed by atoms with Crippen LogP contribution in [-0.2, 0) is 6.42 Å². The molecule has 1 aliphatic heterocycles. The number of nitrogens with one attached hydrogen (secondary N) is 2. The topological polar surface area (TPSA) is 57.4 Å². The number of aryl methyl sites for hydroxylation is 1. The van der Waals surface area contributed by atoms with E-state index in [9.17, 15) is 22.4 Å². The normalized spacial score (nSPS) is 16.8. The van der Waals surface area contributed by atoms with Gasteiger partial charge in [0, 0.05) is 17.4 Å². The van der Waals surface area contributed by atoms with Gasteiger partial charge in [0.15, 0.2) is 6.04 Å². The molecule has 0 saturated carbocycles. The minimum absolute atomic E-state index is 0.0769. The number of methoxy groups -OCH3 is 1. The number of urea groups is 1. The predicted molar refractivity (Wildman–Crippen MR) is 104 cm³/mol. The maximum absolute atomic E-state index is 14.2. The Balaban J connectivity index is 1.77. The number of ether oxygens (including phenoxy) is 1. The van der Waals surface area contributed by atoms with Crippen molar-refractivity contribution in [3.05, 3.63) is 59.5 Å². The Bertz CT molecular complexity index is 1090. The molecule has 0 aliphatic carbocycles. The van der Waals surface area contributed by atoms with E-state index < -0.39 is 24.1 Å². The molecule has 0 spiro atoms. The van der Waals surface area contributed by atoms with Crippen LogP contribution in [0.15, 0.2) is 42.5 Å². The maximum Gasteiger partial charge on any atom is 0.414 e. The number of carbonyl (C=O) groups excluding carboxylic acids is 1. The van der Waals surface area contributed by atoms with Gasteiger partial charge in [-0.1, -0.05) is 12.1 Å². The molecule has 2 N–H and O–H groups in total. The molecule has 2 amide bonds. The van der Waals surface area contributed by atoms with E-state index in [0.29, 0.717) is 40.0 Å². The van der Waals surface area contributed by atoms with Gasteiger partial charge in [-0.25, -0.2) is 9.18 Å². The van der Waals surface area contributed by atoms with Gasteiger partial charge in [-0.2, -0.15) is 13.2 Å². The Labute approximate surface area is 169 Å². The minimum Gasteiger partial charge on any atom is -0.497 e. The highest BCUT2D eigenvalue weighted by Crippen LogP contribution is 2.43. The number of carbonyl (C=O) groups is 1. The SMILES string of the molecule is COc1ccc2[nH]c3c(c2c1)CCCN(C(=O)Nc1ccccc1F)C3C(F)(F)F. The molecule has 0 saturated heterocycles. The number of aromatic nitrogens is 1. The first kappa shape index (κ1) is 20.1. The highest BCUT2D eigenvalue weighted by atomic mass is 19.4. The Kier molecular flexibility index (Phi) is 5.05. The Morgan fingerprint density at radius 3 is 2.70 bits per heavy atom. The molecule has 0 radical (unpaired) electrons. The van der Waals surface area contributed by atoms with Crippen LogP contribution >= 0.6 is 0 Å². The minimum atomic E-state index is -4.73. The third-order valence-electron chi connectivity index (χ3n) is 5.24. The number of anilines is 1. The zero-order valence-electron chi connectivity index (χ0n) is 16.0. The number of amides is 2. The smallest absolute Gasteiger partial charge is 0.414 e. The van der Waals surface area contributed by atoms with E-state index in [1.807, 2.05) is 0 Å². The van der Waals surface area contributed by atoms with Crippen molar-refractivity contribution in [1.29, 1.82) is 0 Å². The summed E-state index contributed by atoms with van der Waals surface area (Å²) >= 11 is 0. The van der Waals surface area contributed by atoms with Crippen LogP contribution < -0.4 is 10.1 Å². The van der Waals surface area contributed by atoms with Gasteiger partial charge in [0.2, 0.25) is 0 Å². The Morgan fingerprint density at radius 2 is 2.00 bits per heavy atom. The van der Waals surface area contributed by atoms with Gasteiger partial charge in [0.1, 0.15) is 11.6 Å². The quantitative estimate of drug-likeness (QED) is 0.545. The van der Waals surface area contributed by atoms with E-state index in [-0.39, 0.29) is 17.9 Å². The highest BCUT2D eigenvalue weighted by molar-refractivity contribution is 5.91. The van der Waals surface area contributed by atoms with Gasteiger partial charge in [-0.05, 0) is 48.7 Å². The number of para-hydroxylation sites is 1. The number of benzene rings is 2. The zero-order chi connectivity index (χ0) is 21.5. The fourth-order valence-corrected chi connectivity index (χ4v) is 3.90. The fourth-order valence-electron chi connectivity index (χ4n) is 3.90. The second kappa shape index (κ2) is 7.55. The van der Waals surface area contributed by atoms with Gasteiger partial charge >= 0.3 is 12.2 Å². The van der Waals surface area contributed by atoms with Crippen LogP contribution in [0.25, 0.3) is 10.9 Å². The summed E-state index contributed by atoms with van der Waals surface area (Å²) in [5, 5.41) is 2.90. The van der Waals surface area contributed by atoms with E-state index in [4.69, 9.17) is 4.74 Å². The summed E-state index contributed by atoms with van der Waals surface area (Å²) in [6, 6.07) is 7.16. The van der Waals surface area contributed by atoms with Gasteiger partial charge in [-0.15, -0.1) is 0 Å². The van der Waals surface area contributed by atoms with Crippen molar-refractivity contribution in [1.82, 2.24) is 9.88 Å². The molecule has 30 heavy (non-hydrogen) atoms. The molecule has 1 aromatic heterocycles. The first-order valence-electron chi connectivity index (χ1n) is 9.37. The van der Waals surface area contributed by atoms with Gasteiger partial charge < -0.3 is 19.9 Å². The lowest BCUT2D eigenvalue weighted by Crippen LogP contribution is -2.44. The standard InChI is InChI=1S/C21H19F4N3O2/c1-30-12-8-9-16-14(11-12)13-5-4-10-28(19(18(13)26-16)21(23,24)25)20(29)27-17-7-3-2-6-15(17)22/h2-3,6-9,11,19,26H,4-5,10H2,1H3,(H,27,29). The number of H-pyrrole nitrogens is 1. The van der Waals surface area contributed by atoms with Crippen molar-refractivity contribution in [3.63, 3.8) is 0 Å². The molecule has 1 unspecified atom stereocenters. The van der Waals surface area contributed by atoms with Gasteiger partial charge in [-0.3, -0.25) is 0 Å². The van der Waals surface area contributed by atoms with Crippen molar-refractivity contribution < 1.29 is 27.1 Å². The lowest BCUT2D eigenvalue weighted by atomic mass is 10.0. The van der Waals surface area contributed by atoms with Crippen molar-refractivity contribution in [2.75, 3.05) is 19.0 Å². The van der Waals surface area contributed by atoms with Crippen molar-refractivity contribution in [2.45, 2.75) is 25.1 Å². The van der Waals surface area contributed by atoms with Crippen molar-refractivity contribution in [2.24, 2.45) is 0 Å². The monoisotopic (exact) mass is 421 g/mol. The summed E-state index contributed by atoms with van der Waals surface area (Å²) in [5.41, 5.74) is 0.792. The molecule has 158 valence electrons. The first-order chi connectivity index (χ1) is 14.3. The summed E-state index contributed by atoms with van der Waals surface area (Å²) in [4.78, 5) is 16.3. The molecule has 9 heteroatoms. The molecule has 0 bridgehead atoms. The van der Waals surface area contributed by atoms with Crippen LogP contribution in [-0.4, -0.2) is 35.7 Å². The van der Waals surface area contributed by atoms with E-state index in [1.54, 1.807) is 18.2 Å². The number of hydrogen-bond acceptors (Lipinski definition) is 2. The molecule has 2 aromatic carbocycles. The molecule has 0 fully saturated rings. The summed E-state index contributed by atoms with van der Waals surface area (Å²) in [6.07, 6.45) is -4.04. The number of alkyl halides is 3. The number of hydrogen-bond donors (Lipinski definition) is 2. The summed E-state index contributed by atoms with van der Waals surface area (Å²) in [6.45, 7) is -0.127. The largest absolute Gasteiger partial charge is 0.497 e. The van der Waals surface area contributed by atoms with Crippen LogP contribution in [0.2, 0.25) is 0 Å². The number of nitrogens with zero attached hydrogens (tertiary/aromatic N) is 1. The van der Waals surface area contributed by atoms with E-state index in [1.165, 1.54) is 25.3 Å². The second-order valence-corrected chi connectivity index (χ2v) is 7.08. The van der Waals surface area contributed by atoms with Crippen LogP contribution in [0.1, 0.15) is 23.7 Å². The van der Waals surface area contributed by atoms with Crippen molar-refractivity contribution in [3.8, 4) is 5.75 Å². The number of rotatable bonds is 2. The van der Waals surface area contributed by atoms with Gasteiger partial charge in [0.05, 0.1) is 18.5 Å². The average Bonchev–Trinajstić information content (AvgIpc) is 2.92. The lowest BCUT2D eigenvalue weighted by Gasteiger charge is -2.31. The Hall–Kier alpha value is -3.23. The lowest BCUT2D eigenvalue weighted by molar-refractivity contribution is -0.178. The molecule has 4 rings (SSSR count). The first-order valence-corrected chi connectivity index (χ1v) is 9.37. The predicted octanol–water partition coefficient (Wildman–Crippen LogP) is 5.40. The number of fused-ring (bicyclic) bond motifs is 3. The third-order valence-corrected chi connectivity index (χ3v) is 5.24. The molecular weight excluding hydrogens is 402 g/mol. The zero-order valence-corrected chi connectivity index (χ0v) is 16.0. The average molecular weight is 421 g/mol. The van der Waals surface area contributed by atoms with Crippen LogP contribution in [0.3, 0.4) is 0 Å². The fraction of sp³-hybridized carbons (Fsp3) is 0.286. The maximum atomic E-state index is 14.2. The summed E-state index contributed by atoms with van der Waals surface area (Å²) in [5.74, 6) is -0.186. The van der Waals surface area contributed by atoms with E-state index in [2.05, 4.69) is 10.3 Å². The van der Waals surface area contributed by atoms with Crippen LogP contribution in [0.5, 0.6) is 5.75 Å². The van der Waals surface area contributed by atoms with E-state index >= 15 is 0 Å². The molecule has 2 heterocycles. The molecule has 1 aliphatic rings. The summed E-state index contributed by atoms with van der Waals surface area (Å²) < 4.78 is 61.6. The third kappa shape index (κ3) is 3.55. The Morgan fingerprint density at radius 1 is 1.23 bits per heavy atom. The van der Waals surface area contributed by atoms with Crippen LogP contribution in [0, 0.1) is 5.82 Å². The highest BCUT2D eigenvalue weighted by Gasteiger charge is 2.49. The van der Waals surface area contributed by atoms with Gasteiger partial charge in [0.25, 0.3) is 0 Å². The molecular formula is C21H19F4N3O2.